The molecule has 5 heteroatoms. The number of rotatable bonds is 3. The monoisotopic (exact) mass is 393 g/mol. The second-order valence-corrected chi connectivity index (χ2v) is 6.91. The van der Waals surface area contributed by atoms with Gasteiger partial charge in [-0.1, -0.05) is 59.6 Å². The van der Waals surface area contributed by atoms with Crippen LogP contribution >= 0.6 is 23.2 Å². The number of hydrogen-bond acceptors (Lipinski definition) is 3. The van der Waals surface area contributed by atoms with Crippen molar-refractivity contribution in [3.63, 3.8) is 0 Å². The van der Waals surface area contributed by atoms with Crippen molar-refractivity contribution in [1.29, 1.82) is 0 Å². The molecule has 0 aliphatic carbocycles. The Hall–Kier alpha value is -2.88. The highest BCUT2D eigenvalue weighted by Gasteiger charge is 2.24. The van der Waals surface area contributed by atoms with Crippen molar-refractivity contribution < 1.29 is 8.83 Å². The molecule has 3 nitrogen and oxygen atoms in total. The molecule has 0 aliphatic rings. The van der Waals surface area contributed by atoms with Crippen LogP contribution in [0.4, 0.5) is 17.1 Å². The fraction of sp³-hybridized carbons (Fsp3) is 0. The molecule has 0 bridgehead atoms. The minimum Gasteiger partial charge on any atom is -0.458 e. The Labute approximate surface area is 165 Å². The third kappa shape index (κ3) is 2.59. The molecule has 5 rings (SSSR count). The lowest BCUT2D eigenvalue weighted by Crippen LogP contribution is -2.09. The minimum absolute atomic E-state index is 0.466. The lowest BCUT2D eigenvalue weighted by Gasteiger charge is -2.24. The zero-order valence-electron chi connectivity index (χ0n) is 14.0. The molecule has 0 fully saturated rings. The summed E-state index contributed by atoms with van der Waals surface area (Å²) in [7, 11) is 0. The highest BCUT2D eigenvalue weighted by atomic mass is 35.5. The predicted molar refractivity (Wildman–Crippen MR) is 111 cm³/mol. The van der Waals surface area contributed by atoms with E-state index in [-0.39, 0.29) is 0 Å². The van der Waals surface area contributed by atoms with Crippen molar-refractivity contribution in [2.45, 2.75) is 0 Å². The van der Waals surface area contributed by atoms with E-state index in [4.69, 9.17) is 32.0 Å². The van der Waals surface area contributed by atoms with E-state index in [2.05, 4.69) is 0 Å². The molecule has 27 heavy (non-hydrogen) atoms. The summed E-state index contributed by atoms with van der Waals surface area (Å²) in [5.74, 6) is 0. The summed E-state index contributed by atoms with van der Waals surface area (Å²) in [4.78, 5) is 1.99. The maximum atomic E-state index is 6.55. The Morgan fingerprint density at radius 2 is 1.48 bits per heavy atom. The first-order valence-corrected chi connectivity index (χ1v) is 9.17. The van der Waals surface area contributed by atoms with E-state index in [1.165, 1.54) is 0 Å². The van der Waals surface area contributed by atoms with Gasteiger partial charge in [0.15, 0.2) is 11.2 Å². The van der Waals surface area contributed by atoms with Gasteiger partial charge in [0, 0.05) is 5.69 Å². The van der Waals surface area contributed by atoms with Crippen LogP contribution < -0.4 is 4.90 Å². The van der Waals surface area contributed by atoms with Crippen molar-refractivity contribution >= 4 is 62.4 Å². The molecule has 132 valence electrons. The average Bonchev–Trinajstić information content (AvgIpc) is 3.26. The third-order valence-electron chi connectivity index (χ3n) is 4.50. The van der Waals surface area contributed by atoms with Gasteiger partial charge in [0.2, 0.25) is 0 Å². The number of anilines is 3. The van der Waals surface area contributed by atoms with Gasteiger partial charge in [-0.3, -0.25) is 0 Å². The van der Waals surface area contributed by atoms with Crippen molar-refractivity contribution in [3.8, 4) is 0 Å². The zero-order valence-corrected chi connectivity index (χ0v) is 15.5. The van der Waals surface area contributed by atoms with E-state index in [1.807, 2.05) is 71.6 Å². The number of furan rings is 2. The smallest absolute Gasteiger partial charge is 0.197 e. The highest BCUT2D eigenvalue weighted by Crippen LogP contribution is 2.46. The highest BCUT2D eigenvalue weighted by molar-refractivity contribution is 6.44. The maximum Gasteiger partial charge on any atom is 0.197 e. The SMILES string of the molecule is Clc1cccc(N(c2ccccc2)c2coc3c2oc2ccccc23)c1Cl. The van der Waals surface area contributed by atoms with Crippen LogP contribution in [0, 0.1) is 0 Å². The molecule has 0 saturated heterocycles. The number of benzene rings is 3. The van der Waals surface area contributed by atoms with Gasteiger partial charge < -0.3 is 13.7 Å². The number of fused-ring (bicyclic) bond motifs is 3. The molecule has 0 aliphatic heterocycles. The maximum absolute atomic E-state index is 6.55. The summed E-state index contributed by atoms with van der Waals surface area (Å²) in [6.45, 7) is 0. The average molecular weight is 394 g/mol. The molecule has 0 N–H and O–H groups in total. The van der Waals surface area contributed by atoms with Crippen LogP contribution in [0.1, 0.15) is 0 Å². The van der Waals surface area contributed by atoms with Gasteiger partial charge in [0.1, 0.15) is 17.5 Å². The first kappa shape index (κ1) is 16.3. The van der Waals surface area contributed by atoms with Gasteiger partial charge in [-0.05, 0) is 36.4 Å². The van der Waals surface area contributed by atoms with E-state index in [9.17, 15) is 0 Å². The third-order valence-corrected chi connectivity index (χ3v) is 5.31. The van der Waals surface area contributed by atoms with Crippen LogP contribution in [0.3, 0.4) is 0 Å². The minimum atomic E-state index is 0.466. The van der Waals surface area contributed by atoms with Crippen molar-refractivity contribution in [1.82, 2.24) is 0 Å². The molecule has 0 radical (unpaired) electrons. The molecule has 0 atom stereocenters. The Morgan fingerprint density at radius 1 is 0.704 bits per heavy atom. The molecule has 0 spiro atoms. The second kappa shape index (κ2) is 6.38. The molecule has 2 aromatic heterocycles. The second-order valence-electron chi connectivity index (χ2n) is 6.12. The van der Waals surface area contributed by atoms with Crippen LogP contribution in [0.25, 0.3) is 22.1 Å². The lowest BCUT2D eigenvalue weighted by atomic mass is 10.2. The van der Waals surface area contributed by atoms with Crippen LogP contribution in [0.15, 0.2) is 87.9 Å². The number of nitrogens with zero attached hydrogens (tertiary/aromatic N) is 1. The van der Waals surface area contributed by atoms with Gasteiger partial charge in [-0.25, -0.2) is 0 Å². The van der Waals surface area contributed by atoms with Crippen molar-refractivity contribution in [2.75, 3.05) is 4.90 Å². The fourth-order valence-electron chi connectivity index (χ4n) is 3.28. The van der Waals surface area contributed by atoms with Gasteiger partial charge >= 0.3 is 0 Å². The first-order valence-electron chi connectivity index (χ1n) is 8.42. The van der Waals surface area contributed by atoms with E-state index >= 15 is 0 Å². The van der Waals surface area contributed by atoms with E-state index in [0.29, 0.717) is 21.2 Å². The fourth-order valence-corrected chi connectivity index (χ4v) is 3.66. The van der Waals surface area contributed by atoms with E-state index in [0.717, 1.165) is 28.0 Å². The van der Waals surface area contributed by atoms with Crippen LogP contribution in [-0.4, -0.2) is 0 Å². The molecule has 0 unspecified atom stereocenters. The molecule has 2 heterocycles. The van der Waals surface area contributed by atoms with Crippen molar-refractivity contribution in [2.24, 2.45) is 0 Å². The number of para-hydroxylation sites is 2. The summed E-state index contributed by atoms with van der Waals surface area (Å²) in [6.07, 6.45) is 1.69. The zero-order chi connectivity index (χ0) is 18.4. The topological polar surface area (TPSA) is 29.5 Å². The quantitative estimate of drug-likeness (QED) is 0.311. The summed E-state index contributed by atoms with van der Waals surface area (Å²) in [6, 6.07) is 23.3. The largest absolute Gasteiger partial charge is 0.458 e. The van der Waals surface area contributed by atoms with Gasteiger partial charge in [0.05, 0.1) is 21.1 Å². The van der Waals surface area contributed by atoms with E-state index in [1.54, 1.807) is 12.3 Å². The molecule has 3 aromatic carbocycles. The van der Waals surface area contributed by atoms with Crippen LogP contribution in [0.2, 0.25) is 10.0 Å². The number of halogens is 2. The normalized spacial score (nSPS) is 11.3. The Balaban J connectivity index is 1.81. The van der Waals surface area contributed by atoms with Gasteiger partial charge in [0.25, 0.3) is 0 Å². The molecule has 0 saturated carbocycles. The summed E-state index contributed by atoms with van der Waals surface area (Å²) >= 11 is 12.8. The lowest BCUT2D eigenvalue weighted by molar-refractivity contribution is 0.616. The summed E-state index contributed by atoms with van der Waals surface area (Å²) < 4.78 is 12.0. The van der Waals surface area contributed by atoms with Crippen LogP contribution in [0.5, 0.6) is 0 Å². The summed E-state index contributed by atoms with van der Waals surface area (Å²) in [5.41, 5.74) is 4.58. The van der Waals surface area contributed by atoms with Crippen molar-refractivity contribution in [3.05, 3.63) is 89.1 Å². The predicted octanol–water partition coefficient (Wildman–Crippen LogP) is 7.96. The summed E-state index contributed by atoms with van der Waals surface area (Å²) in [5, 5.41) is 1.89. The van der Waals surface area contributed by atoms with E-state index < -0.39 is 0 Å². The Morgan fingerprint density at radius 3 is 2.33 bits per heavy atom. The van der Waals surface area contributed by atoms with Crippen LogP contribution in [-0.2, 0) is 0 Å². The molecular formula is C22H13Cl2NO2. The Kier molecular flexibility index (Phi) is 3.85. The first-order chi connectivity index (χ1) is 13.2. The molecular weight excluding hydrogens is 381 g/mol. The number of hydrogen-bond donors (Lipinski definition) is 0. The molecule has 0 amide bonds. The van der Waals surface area contributed by atoms with Gasteiger partial charge in [-0.15, -0.1) is 0 Å². The Bertz CT molecular complexity index is 1260. The molecule has 5 aromatic rings. The standard InChI is InChI=1S/C22H13Cl2NO2/c23-16-10-6-11-17(20(16)24)25(14-7-2-1-3-8-14)18-13-26-21-15-9-4-5-12-19(15)27-22(18)21/h1-13H. The van der Waals surface area contributed by atoms with Gasteiger partial charge in [-0.2, -0.15) is 0 Å².